The summed E-state index contributed by atoms with van der Waals surface area (Å²) >= 11 is 7.48. The summed E-state index contributed by atoms with van der Waals surface area (Å²) in [5, 5.41) is 8.46. The number of thiophene rings is 1. The Morgan fingerprint density at radius 3 is 2.69 bits per heavy atom. The Hall–Kier alpha value is -2.75. The Balaban J connectivity index is 1.18. The average Bonchev–Trinajstić information content (AvgIpc) is 3.49. The summed E-state index contributed by atoms with van der Waals surface area (Å²) in [7, 11) is 0. The second kappa shape index (κ2) is 11.1. The van der Waals surface area contributed by atoms with E-state index in [2.05, 4.69) is 20.4 Å². The molecular weight excluding hydrogens is 500 g/mol. The van der Waals surface area contributed by atoms with Crippen molar-refractivity contribution in [2.24, 2.45) is 5.92 Å². The average molecular weight is 529 g/mol. The highest BCUT2D eigenvalue weighted by Gasteiger charge is 2.30. The first-order valence-corrected chi connectivity index (χ1v) is 13.6. The number of hydrogen-bond donors (Lipinski definition) is 1. The second-order valence-electron chi connectivity index (χ2n) is 9.19. The lowest BCUT2D eigenvalue weighted by atomic mass is 9.94. The van der Waals surface area contributed by atoms with Crippen LogP contribution in [0.5, 0.6) is 0 Å². The third-order valence-electron chi connectivity index (χ3n) is 6.78. The fraction of sp³-hybridized carbons (Fsp3) is 0.462. The van der Waals surface area contributed by atoms with Gasteiger partial charge in [-0.3, -0.25) is 9.69 Å². The predicted molar refractivity (Wildman–Crippen MR) is 138 cm³/mol. The van der Waals surface area contributed by atoms with Crippen molar-refractivity contribution < 1.29 is 18.8 Å². The number of fused-ring (bicyclic) bond motifs is 1. The molecule has 1 aliphatic carbocycles. The van der Waals surface area contributed by atoms with Crippen LogP contribution < -0.4 is 5.32 Å². The van der Waals surface area contributed by atoms with Gasteiger partial charge in [-0.1, -0.05) is 16.8 Å². The number of rotatable bonds is 7. The minimum absolute atomic E-state index is 0.0263. The number of nitrogens with zero attached hydrogens (tertiary/aromatic N) is 3. The second-order valence-corrected chi connectivity index (χ2v) is 10.7. The Bertz CT molecular complexity index is 1230. The fourth-order valence-corrected chi connectivity index (χ4v) is 6.27. The van der Waals surface area contributed by atoms with Crippen molar-refractivity contribution in [3.05, 3.63) is 51.2 Å². The number of esters is 1. The molecule has 0 unspecified atom stereocenters. The van der Waals surface area contributed by atoms with Gasteiger partial charge in [0.25, 0.3) is 0 Å². The van der Waals surface area contributed by atoms with Gasteiger partial charge >= 0.3 is 5.97 Å². The first kappa shape index (κ1) is 24.9. The lowest BCUT2D eigenvalue weighted by molar-refractivity contribution is -0.121. The van der Waals surface area contributed by atoms with E-state index >= 15 is 0 Å². The van der Waals surface area contributed by atoms with E-state index < -0.39 is 0 Å². The predicted octanol–water partition coefficient (Wildman–Crippen LogP) is 5.36. The normalized spacial score (nSPS) is 16.5. The maximum atomic E-state index is 13.1. The van der Waals surface area contributed by atoms with Crippen LogP contribution in [-0.4, -0.2) is 46.6 Å². The summed E-state index contributed by atoms with van der Waals surface area (Å²) in [4.78, 5) is 33.7. The molecule has 36 heavy (non-hydrogen) atoms. The number of ether oxygens (including phenoxy) is 1. The maximum Gasteiger partial charge on any atom is 0.341 e. The molecule has 190 valence electrons. The van der Waals surface area contributed by atoms with Crippen LogP contribution in [0, 0.1) is 5.92 Å². The summed E-state index contributed by atoms with van der Waals surface area (Å²) in [5.74, 6) is 0.613. The van der Waals surface area contributed by atoms with Gasteiger partial charge in [-0.2, -0.15) is 4.98 Å². The SMILES string of the molecule is CCOC(=O)c1c(NC(=O)C2CCN(Cc3nc(-c4ccc(Cl)cc4)no3)CC2)sc2c1CCCC2. The van der Waals surface area contributed by atoms with Crippen molar-refractivity contribution in [3.8, 4) is 11.4 Å². The van der Waals surface area contributed by atoms with Gasteiger partial charge in [0.1, 0.15) is 5.00 Å². The van der Waals surface area contributed by atoms with Gasteiger partial charge in [-0.05, 0) is 88.4 Å². The number of likely N-dealkylation sites (tertiary alicyclic amines) is 1. The number of amides is 1. The van der Waals surface area contributed by atoms with Gasteiger partial charge in [-0.25, -0.2) is 4.79 Å². The Morgan fingerprint density at radius 1 is 1.19 bits per heavy atom. The molecule has 1 amide bonds. The van der Waals surface area contributed by atoms with Crippen molar-refractivity contribution in [1.82, 2.24) is 15.0 Å². The third kappa shape index (κ3) is 5.48. The molecule has 8 nitrogen and oxygen atoms in total. The van der Waals surface area contributed by atoms with Gasteiger partial charge < -0.3 is 14.6 Å². The molecule has 3 aromatic rings. The van der Waals surface area contributed by atoms with Gasteiger partial charge in [0, 0.05) is 21.4 Å². The number of benzene rings is 1. The fourth-order valence-electron chi connectivity index (χ4n) is 4.87. The molecule has 0 atom stereocenters. The Labute approximate surface area is 219 Å². The van der Waals surface area contributed by atoms with Crippen LogP contribution in [0.25, 0.3) is 11.4 Å². The largest absolute Gasteiger partial charge is 0.462 e. The molecule has 2 aromatic heterocycles. The van der Waals surface area contributed by atoms with Crippen molar-refractivity contribution in [1.29, 1.82) is 0 Å². The lowest BCUT2D eigenvalue weighted by Crippen LogP contribution is -2.37. The number of anilines is 1. The number of carbonyl (C=O) groups excluding carboxylic acids is 2. The van der Waals surface area contributed by atoms with Gasteiger partial charge in [0.05, 0.1) is 18.7 Å². The topological polar surface area (TPSA) is 97.6 Å². The van der Waals surface area contributed by atoms with Gasteiger partial charge in [0.15, 0.2) is 0 Å². The van der Waals surface area contributed by atoms with Crippen molar-refractivity contribution in [3.63, 3.8) is 0 Å². The van der Waals surface area contributed by atoms with Crippen LogP contribution in [0.1, 0.15) is 59.3 Å². The van der Waals surface area contributed by atoms with E-state index in [4.69, 9.17) is 20.9 Å². The molecule has 1 aromatic carbocycles. The first-order chi connectivity index (χ1) is 17.5. The number of aromatic nitrogens is 2. The number of hydrogen-bond acceptors (Lipinski definition) is 8. The highest BCUT2D eigenvalue weighted by atomic mass is 35.5. The molecule has 0 radical (unpaired) electrons. The van der Waals surface area contributed by atoms with Crippen molar-refractivity contribution in [2.75, 3.05) is 25.0 Å². The summed E-state index contributed by atoms with van der Waals surface area (Å²) in [6, 6.07) is 7.31. The number of halogens is 1. The molecule has 0 bridgehead atoms. The van der Waals surface area contributed by atoms with E-state index in [1.807, 2.05) is 12.1 Å². The Kier molecular flexibility index (Phi) is 7.69. The highest BCUT2D eigenvalue weighted by Crippen LogP contribution is 2.39. The molecule has 1 fully saturated rings. The minimum Gasteiger partial charge on any atom is -0.462 e. The molecule has 2 aliphatic rings. The monoisotopic (exact) mass is 528 g/mol. The zero-order valence-electron chi connectivity index (χ0n) is 20.2. The van der Waals surface area contributed by atoms with Crippen LogP contribution in [-0.2, 0) is 28.9 Å². The summed E-state index contributed by atoms with van der Waals surface area (Å²) in [5.41, 5.74) is 2.48. The molecule has 0 spiro atoms. The van der Waals surface area contributed by atoms with Crippen molar-refractivity contribution in [2.45, 2.75) is 52.0 Å². The highest BCUT2D eigenvalue weighted by molar-refractivity contribution is 7.17. The van der Waals surface area contributed by atoms with E-state index in [0.29, 0.717) is 40.5 Å². The smallest absolute Gasteiger partial charge is 0.341 e. The molecule has 0 saturated carbocycles. The molecular formula is C26H29ClN4O4S. The summed E-state index contributed by atoms with van der Waals surface area (Å²) in [6.45, 7) is 4.16. The molecule has 1 N–H and O–H groups in total. The summed E-state index contributed by atoms with van der Waals surface area (Å²) in [6.07, 6.45) is 5.44. The summed E-state index contributed by atoms with van der Waals surface area (Å²) < 4.78 is 10.8. The molecule has 1 saturated heterocycles. The molecule has 1 aliphatic heterocycles. The number of nitrogens with one attached hydrogen (secondary N) is 1. The molecule has 3 heterocycles. The number of carbonyl (C=O) groups is 2. The van der Waals surface area contributed by atoms with Crippen LogP contribution in [0.2, 0.25) is 5.02 Å². The maximum absolute atomic E-state index is 13.1. The van der Waals surface area contributed by atoms with E-state index in [1.54, 1.807) is 19.1 Å². The van der Waals surface area contributed by atoms with Crippen LogP contribution in [0.15, 0.2) is 28.8 Å². The van der Waals surface area contributed by atoms with Gasteiger partial charge in [0.2, 0.25) is 17.6 Å². The van der Waals surface area contributed by atoms with Crippen LogP contribution in [0.3, 0.4) is 0 Å². The van der Waals surface area contributed by atoms with Crippen LogP contribution >= 0.6 is 22.9 Å². The zero-order chi connectivity index (χ0) is 25.1. The van der Waals surface area contributed by atoms with E-state index in [1.165, 1.54) is 16.2 Å². The zero-order valence-corrected chi connectivity index (χ0v) is 21.8. The van der Waals surface area contributed by atoms with Crippen molar-refractivity contribution >= 4 is 39.8 Å². The lowest BCUT2D eigenvalue weighted by Gasteiger charge is -2.30. The van der Waals surface area contributed by atoms with E-state index in [-0.39, 0.29) is 17.8 Å². The number of piperidine rings is 1. The Morgan fingerprint density at radius 2 is 1.94 bits per heavy atom. The quantitative estimate of drug-likeness (QED) is 0.412. The molecule has 10 heteroatoms. The minimum atomic E-state index is -0.334. The van der Waals surface area contributed by atoms with E-state index in [9.17, 15) is 9.59 Å². The van der Waals surface area contributed by atoms with E-state index in [0.717, 1.165) is 62.7 Å². The molecule has 5 rings (SSSR count). The standard InChI is InChI=1S/C26H29ClN4O4S/c1-2-34-26(33)22-19-5-3-4-6-20(19)36-25(22)29-24(32)17-11-13-31(14-12-17)15-21-28-23(30-35-21)16-7-9-18(27)10-8-16/h7-10,17H,2-6,11-15H2,1H3,(H,29,32). The third-order valence-corrected chi connectivity index (χ3v) is 8.23. The van der Waals surface area contributed by atoms with Gasteiger partial charge in [-0.15, -0.1) is 11.3 Å². The first-order valence-electron chi connectivity index (χ1n) is 12.4. The van der Waals surface area contributed by atoms with Crippen LogP contribution in [0.4, 0.5) is 5.00 Å². The number of aryl methyl sites for hydroxylation is 1.